The van der Waals surface area contributed by atoms with E-state index in [1.165, 1.54) is 0 Å². The summed E-state index contributed by atoms with van der Waals surface area (Å²) in [7, 11) is -10.1. The summed E-state index contributed by atoms with van der Waals surface area (Å²) in [6, 6.07) is 0. The van der Waals surface area contributed by atoms with Gasteiger partial charge in [-0.25, -0.2) is 9.13 Å². The van der Waals surface area contributed by atoms with E-state index in [9.17, 15) is 9.13 Å². The van der Waals surface area contributed by atoms with E-state index < -0.39 is 15.6 Å². The molecule has 0 aliphatic rings. The molecule has 0 aromatic heterocycles. The van der Waals surface area contributed by atoms with Crippen LogP contribution in [0.15, 0.2) is 50.6 Å². The summed E-state index contributed by atoms with van der Waals surface area (Å²) in [5.41, 5.74) is 0. The van der Waals surface area contributed by atoms with Gasteiger partial charge in [-0.1, -0.05) is 24.3 Å². The maximum atomic E-state index is 9.63. The second-order valence-electron chi connectivity index (χ2n) is 4.13. The molecule has 0 rings (SSSR count). The Labute approximate surface area is 194 Å². The lowest BCUT2D eigenvalue weighted by molar-refractivity contribution is 0.225. The first-order valence-electron chi connectivity index (χ1n) is 7.87. The molecule has 0 saturated carbocycles. The zero-order chi connectivity index (χ0) is 24.2. The molecule has 0 saturated heterocycles. The van der Waals surface area contributed by atoms with Crippen LogP contribution in [0, 0.1) is 0 Å². The van der Waals surface area contributed by atoms with Gasteiger partial charge in [0.15, 0.2) is 0 Å². The van der Waals surface area contributed by atoms with Gasteiger partial charge in [0.05, 0.1) is 0 Å². The SMILES string of the molecule is C=CCCCl.C=CCCCl.C=CCCCl.C=CCCCl.O=P(O)(O)OP(=O)(O)O. The summed E-state index contributed by atoms with van der Waals surface area (Å²) in [5, 5.41) is 0. The van der Waals surface area contributed by atoms with Gasteiger partial charge in [0, 0.05) is 23.5 Å². The Morgan fingerprint density at radius 3 is 0.759 bits per heavy atom. The average Bonchev–Trinajstić information content (AvgIpc) is 2.57. The molecule has 0 aliphatic heterocycles. The van der Waals surface area contributed by atoms with Gasteiger partial charge in [-0.05, 0) is 25.7 Å². The molecule has 0 radical (unpaired) electrons. The maximum Gasteiger partial charge on any atom is 0.478 e. The number of rotatable bonds is 10. The third kappa shape index (κ3) is 95.5. The van der Waals surface area contributed by atoms with E-state index in [2.05, 4.69) is 30.6 Å². The minimum absolute atomic E-state index is 0.698. The molecule has 0 unspecified atom stereocenters. The van der Waals surface area contributed by atoms with Crippen molar-refractivity contribution in [3.05, 3.63) is 50.6 Å². The molecule has 0 atom stereocenters. The maximum absolute atomic E-state index is 9.63. The molecule has 0 spiro atoms. The van der Waals surface area contributed by atoms with Gasteiger partial charge in [-0.2, -0.15) is 4.31 Å². The molecule has 0 amide bonds. The van der Waals surface area contributed by atoms with Crippen LogP contribution in [0.25, 0.3) is 0 Å². The molecule has 0 aromatic rings. The van der Waals surface area contributed by atoms with Crippen LogP contribution in [-0.2, 0) is 13.4 Å². The number of alkyl halides is 4. The second-order valence-corrected chi connectivity index (χ2v) is 8.26. The highest BCUT2D eigenvalue weighted by Crippen LogP contribution is 2.53. The normalized spacial score (nSPS) is 9.38. The topological polar surface area (TPSA) is 124 Å². The first kappa shape index (κ1) is 39.8. The van der Waals surface area contributed by atoms with Crippen LogP contribution in [-0.4, -0.2) is 43.1 Å². The van der Waals surface area contributed by atoms with E-state index in [0.717, 1.165) is 25.7 Å². The van der Waals surface area contributed by atoms with Gasteiger partial charge in [-0.3, -0.25) is 0 Å². The molecule has 29 heavy (non-hydrogen) atoms. The summed E-state index contributed by atoms with van der Waals surface area (Å²) in [4.78, 5) is 31.0. The van der Waals surface area contributed by atoms with Crippen molar-refractivity contribution in [3.63, 3.8) is 0 Å². The number of hydrogen-bond acceptors (Lipinski definition) is 3. The minimum atomic E-state index is -5.05. The van der Waals surface area contributed by atoms with Crippen LogP contribution in [0.2, 0.25) is 0 Å². The molecule has 0 aliphatic carbocycles. The minimum Gasteiger partial charge on any atom is -0.302 e. The number of allylic oxidation sites excluding steroid dienone is 4. The van der Waals surface area contributed by atoms with Gasteiger partial charge in [-0.15, -0.1) is 72.7 Å². The first-order valence-corrected chi connectivity index (χ1v) is 13.1. The highest BCUT2D eigenvalue weighted by Gasteiger charge is 2.27. The molecular formula is C16H32Cl4O7P2. The molecule has 0 fully saturated rings. The van der Waals surface area contributed by atoms with Crippen molar-refractivity contribution >= 4 is 62.0 Å². The predicted molar refractivity (Wildman–Crippen MR) is 127 cm³/mol. The summed E-state index contributed by atoms with van der Waals surface area (Å²) in [6.07, 6.45) is 10.9. The number of hydrogen-bond donors (Lipinski definition) is 4. The van der Waals surface area contributed by atoms with Crippen LogP contribution in [0.4, 0.5) is 0 Å². The quantitative estimate of drug-likeness (QED) is 0.144. The fourth-order valence-corrected chi connectivity index (χ4v) is 2.17. The summed E-state index contributed by atoms with van der Waals surface area (Å²) >= 11 is 20.9. The lowest BCUT2D eigenvalue weighted by Gasteiger charge is -2.03. The van der Waals surface area contributed by atoms with Crippen molar-refractivity contribution in [2.24, 2.45) is 0 Å². The van der Waals surface area contributed by atoms with E-state index in [1.54, 1.807) is 24.3 Å². The summed E-state index contributed by atoms with van der Waals surface area (Å²) in [6.45, 7) is 13.9. The van der Waals surface area contributed by atoms with Crippen LogP contribution in [0.5, 0.6) is 0 Å². The highest BCUT2D eigenvalue weighted by molar-refractivity contribution is 7.60. The van der Waals surface area contributed by atoms with Crippen molar-refractivity contribution < 1.29 is 33.0 Å². The number of halogens is 4. The van der Waals surface area contributed by atoms with Gasteiger partial charge in [0.1, 0.15) is 0 Å². The van der Waals surface area contributed by atoms with E-state index in [-0.39, 0.29) is 0 Å². The van der Waals surface area contributed by atoms with Gasteiger partial charge in [0.2, 0.25) is 0 Å². The van der Waals surface area contributed by atoms with Crippen molar-refractivity contribution in [2.45, 2.75) is 25.7 Å². The van der Waals surface area contributed by atoms with E-state index in [1.807, 2.05) is 0 Å². The van der Waals surface area contributed by atoms with Gasteiger partial charge >= 0.3 is 15.6 Å². The fourth-order valence-electron chi connectivity index (χ4n) is 0.447. The van der Waals surface area contributed by atoms with Crippen molar-refractivity contribution in [2.75, 3.05) is 23.5 Å². The Morgan fingerprint density at radius 1 is 0.586 bits per heavy atom. The lowest BCUT2D eigenvalue weighted by Crippen LogP contribution is -1.84. The molecule has 13 heteroatoms. The van der Waals surface area contributed by atoms with E-state index >= 15 is 0 Å². The van der Waals surface area contributed by atoms with Crippen LogP contribution < -0.4 is 0 Å². The highest BCUT2D eigenvalue weighted by atomic mass is 35.5. The van der Waals surface area contributed by atoms with E-state index in [4.69, 9.17) is 66.0 Å². The average molecular weight is 540 g/mol. The molecule has 176 valence electrons. The van der Waals surface area contributed by atoms with Crippen molar-refractivity contribution in [1.82, 2.24) is 0 Å². The third-order valence-electron chi connectivity index (χ3n) is 1.47. The first-order chi connectivity index (χ1) is 13.4. The van der Waals surface area contributed by atoms with Crippen LogP contribution in [0.1, 0.15) is 25.7 Å². The fraction of sp³-hybridized carbons (Fsp3) is 0.500. The molecule has 0 bridgehead atoms. The zero-order valence-electron chi connectivity index (χ0n) is 16.2. The Bertz CT molecular complexity index is 395. The predicted octanol–water partition coefficient (Wildman–Crippen LogP) is 6.39. The Hall–Kier alpha value is 0.380. The largest absolute Gasteiger partial charge is 0.478 e. The summed E-state index contributed by atoms with van der Waals surface area (Å²) < 4.78 is 22.2. The zero-order valence-corrected chi connectivity index (χ0v) is 21.0. The molecule has 0 aromatic carbocycles. The van der Waals surface area contributed by atoms with Crippen molar-refractivity contribution in [3.8, 4) is 0 Å². The third-order valence-corrected chi connectivity index (χ3v) is 4.04. The second kappa shape index (κ2) is 33.0. The van der Waals surface area contributed by atoms with Crippen molar-refractivity contribution in [1.29, 1.82) is 0 Å². The molecule has 0 heterocycles. The standard InChI is InChI=1S/4C4H7Cl.H4O7P2/c4*1-2-3-4-5;1-8(2,3)7-9(4,5)6/h4*2H,1,3-4H2;(H2,1,2,3)(H2,4,5,6). The smallest absolute Gasteiger partial charge is 0.302 e. The van der Waals surface area contributed by atoms with Gasteiger partial charge < -0.3 is 19.6 Å². The van der Waals surface area contributed by atoms with E-state index in [0.29, 0.717) is 23.5 Å². The summed E-state index contributed by atoms with van der Waals surface area (Å²) in [5.74, 6) is 2.79. The molecule has 4 N–H and O–H groups in total. The Morgan fingerprint density at radius 2 is 0.759 bits per heavy atom. The molecule has 7 nitrogen and oxygen atoms in total. The lowest BCUT2D eigenvalue weighted by atomic mass is 10.5. The number of phosphoric acid groups is 2. The monoisotopic (exact) mass is 538 g/mol. The van der Waals surface area contributed by atoms with Crippen LogP contribution in [0.3, 0.4) is 0 Å². The Kier molecular flexibility index (Phi) is 45.3. The molecular weight excluding hydrogens is 508 g/mol. The van der Waals surface area contributed by atoms with Gasteiger partial charge in [0.25, 0.3) is 0 Å². The van der Waals surface area contributed by atoms with Crippen LogP contribution >= 0.6 is 62.0 Å². The Balaban J connectivity index is -0.0000000853.